The van der Waals surface area contributed by atoms with Crippen molar-refractivity contribution in [1.82, 2.24) is 10.3 Å². The van der Waals surface area contributed by atoms with Crippen LogP contribution in [0.15, 0.2) is 47.8 Å². The number of hydrogen-bond acceptors (Lipinski definition) is 3. The van der Waals surface area contributed by atoms with Gasteiger partial charge < -0.3 is 5.32 Å². The third-order valence-corrected chi connectivity index (χ3v) is 5.01. The van der Waals surface area contributed by atoms with E-state index in [1.54, 1.807) is 11.3 Å². The fourth-order valence-electron chi connectivity index (χ4n) is 2.76. The summed E-state index contributed by atoms with van der Waals surface area (Å²) in [5.74, 6) is -1.16. The van der Waals surface area contributed by atoms with Crippen molar-refractivity contribution in [1.29, 1.82) is 0 Å². The van der Waals surface area contributed by atoms with Crippen molar-refractivity contribution in [2.24, 2.45) is 0 Å². The molecule has 1 amide bonds. The summed E-state index contributed by atoms with van der Waals surface area (Å²) in [6, 6.07) is 11.4. The summed E-state index contributed by atoms with van der Waals surface area (Å²) in [6.45, 7) is 2.48. The molecule has 0 bridgehead atoms. The fraction of sp³-hybridized carbons (Fsp3) is 0.238. The quantitative estimate of drug-likeness (QED) is 0.640. The molecule has 0 spiro atoms. The number of rotatable bonds is 7. The normalized spacial score (nSPS) is 10.8. The number of halogens is 2. The molecule has 3 nitrogen and oxygen atoms in total. The van der Waals surface area contributed by atoms with Gasteiger partial charge in [0.1, 0.15) is 11.6 Å². The molecule has 0 saturated heterocycles. The largest absolute Gasteiger partial charge is 0.356 e. The summed E-state index contributed by atoms with van der Waals surface area (Å²) in [4.78, 5) is 16.4. The van der Waals surface area contributed by atoms with Crippen LogP contribution >= 0.6 is 11.3 Å². The van der Waals surface area contributed by atoms with Crippen molar-refractivity contribution in [2.75, 3.05) is 6.54 Å². The number of carbonyl (C=O) groups excluding carboxylic acids is 1. The maximum atomic E-state index is 13.5. The van der Waals surface area contributed by atoms with Crippen molar-refractivity contribution in [3.05, 3.63) is 75.6 Å². The van der Waals surface area contributed by atoms with Crippen LogP contribution in [0.3, 0.4) is 0 Å². The van der Waals surface area contributed by atoms with Gasteiger partial charge in [0, 0.05) is 23.9 Å². The first-order chi connectivity index (χ1) is 13.0. The lowest BCUT2D eigenvalue weighted by atomic mass is 10.1. The Morgan fingerprint density at radius 1 is 1.11 bits per heavy atom. The van der Waals surface area contributed by atoms with E-state index < -0.39 is 11.6 Å². The second kappa shape index (κ2) is 8.86. The molecule has 0 unspecified atom stereocenters. The van der Waals surface area contributed by atoms with Crippen LogP contribution in [0.5, 0.6) is 0 Å². The summed E-state index contributed by atoms with van der Waals surface area (Å²) in [5.41, 5.74) is 3.38. The van der Waals surface area contributed by atoms with Gasteiger partial charge in [0.2, 0.25) is 5.91 Å². The van der Waals surface area contributed by atoms with E-state index in [1.807, 2.05) is 36.6 Å². The summed E-state index contributed by atoms with van der Waals surface area (Å²) in [7, 11) is 0. The third kappa shape index (κ3) is 5.44. The van der Waals surface area contributed by atoms with E-state index in [4.69, 9.17) is 0 Å². The molecule has 2 aromatic carbocycles. The van der Waals surface area contributed by atoms with Crippen LogP contribution in [0.4, 0.5) is 8.78 Å². The first-order valence-electron chi connectivity index (χ1n) is 8.73. The SMILES string of the molecule is Cc1nc(-c2ccc(CCNC(=O)CCc3cc(F)ccc3F)cc2)cs1. The van der Waals surface area contributed by atoms with Crippen LogP contribution in [0.2, 0.25) is 0 Å². The molecule has 1 heterocycles. The molecular weight excluding hydrogens is 366 g/mol. The lowest BCUT2D eigenvalue weighted by Gasteiger charge is -2.07. The second-order valence-corrected chi connectivity index (χ2v) is 7.35. The number of nitrogens with one attached hydrogen (secondary N) is 1. The number of aromatic nitrogens is 1. The number of nitrogens with zero attached hydrogens (tertiary/aromatic N) is 1. The van der Waals surface area contributed by atoms with Crippen molar-refractivity contribution in [3.63, 3.8) is 0 Å². The molecule has 6 heteroatoms. The smallest absolute Gasteiger partial charge is 0.220 e. The van der Waals surface area contributed by atoms with Gasteiger partial charge in [-0.3, -0.25) is 4.79 Å². The Morgan fingerprint density at radius 2 is 1.89 bits per heavy atom. The van der Waals surface area contributed by atoms with Gasteiger partial charge in [0.05, 0.1) is 10.7 Å². The minimum atomic E-state index is -0.497. The van der Waals surface area contributed by atoms with Gasteiger partial charge in [0.25, 0.3) is 0 Å². The summed E-state index contributed by atoms with van der Waals surface area (Å²) in [5, 5.41) is 5.89. The number of hydrogen-bond donors (Lipinski definition) is 1. The molecule has 27 heavy (non-hydrogen) atoms. The summed E-state index contributed by atoms with van der Waals surface area (Å²) >= 11 is 1.62. The Bertz CT molecular complexity index is 922. The van der Waals surface area contributed by atoms with E-state index in [-0.39, 0.29) is 24.3 Å². The minimum absolute atomic E-state index is 0.127. The van der Waals surface area contributed by atoms with E-state index in [0.717, 1.165) is 40.0 Å². The molecule has 1 N–H and O–H groups in total. The summed E-state index contributed by atoms with van der Waals surface area (Å²) < 4.78 is 26.7. The molecule has 0 aliphatic heterocycles. The second-order valence-electron chi connectivity index (χ2n) is 6.28. The zero-order valence-corrected chi connectivity index (χ0v) is 15.8. The molecule has 1 aromatic heterocycles. The number of amides is 1. The number of thiazole rings is 1. The van der Waals surface area contributed by atoms with Gasteiger partial charge in [-0.05, 0) is 49.1 Å². The van der Waals surface area contributed by atoms with E-state index in [1.165, 1.54) is 0 Å². The fourth-order valence-corrected chi connectivity index (χ4v) is 3.38. The zero-order valence-electron chi connectivity index (χ0n) is 15.0. The highest BCUT2D eigenvalue weighted by molar-refractivity contribution is 7.09. The van der Waals surface area contributed by atoms with Crippen molar-refractivity contribution in [3.8, 4) is 11.3 Å². The lowest BCUT2D eigenvalue weighted by Crippen LogP contribution is -2.26. The Kier molecular flexibility index (Phi) is 6.29. The predicted molar refractivity (Wildman–Crippen MR) is 104 cm³/mol. The van der Waals surface area contributed by atoms with Gasteiger partial charge in [0.15, 0.2) is 0 Å². The Balaban J connectivity index is 1.44. The maximum Gasteiger partial charge on any atom is 0.220 e. The molecule has 0 radical (unpaired) electrons. The van der Waals surface area contributed by atoms with Gasteiger partial charge in [-0.15, -0.1) is 11.3 Å². The monoisotopic (exact) mass is 386 g/mol. The van der Waals surface area contributed by atoms with Gasteiger partial charge in [-0.1, -0.05) is 24.3 Å². The molecule has 0 aliphatic rings. The predicted octanol–water partition coefficient (Wildman–Crippen LogP) is 4.69. The van der Waals surface area contributed by atoms with Crippen LogP contribution < -0.4 is 5.32 Å². The van der Waals surface area contributed by atoms with Crippen LogP contribution in [-0.4, -0.2) is 17.4 Å². The topological polar surface area (TPSA) is 42.0 Å². The number of aryl methyl sites for hydroxylation is 2. The molecule has 3 rings (SSSR count). The maximum absolute atomic E-state index is 13.5. The molecule has 0 saturated carbocycles. The Morgan fingerprint density at radius 3 is 2.59 bits per heavy atom. The highest BCUT2D eigenvalue weighted by Crippen LogP contribution is 2.21. The molecule has 0 atom stereocenters. The van der Waals surface area contributed by atoms with E-state index >= 15 is 0 Å². The van der Waals surface area contributed by atoms with Gasteiger partial charge in [-0.2, -0.15) is 0 Å². The molecular formula is C21H20F2N2OS. The van der Waals surface area contributed by atoms with Gasteiger partial charge in [-0.25, -0.2) is 13.8 Å². The van der Waals surface area contributed by atoms with Crippen LogP contribution in [0, 0.1) is 18.6 Å². The molecule has 140 valence electrons. The van der Waals surface area contributed by atoms with Gasteiger partial charge >= 0.3 is 0 Å². The third-order valence-electron chi connectivity index (χ3n) is 4.23. The Hall–Kier alpha value is -2.60. The van der Waals surface area contributed by atoms with Crippen LogP contribution in [0.25, 0.3) is 11.3 Å². The molecule has 3 aromatic rings. The number of benzene rings is 2. The standard InChI is InChI=1S/C21H20F2N2OS/c1-14-25-20(13-27-14)16-4-2-15(3-5-16)10-11-24-21(26)9-6-17-12-18(22)7-8-19(17)23/h2-5,7-8,12-13H,6,9-11H2,1H3,(H,24,26). The molecule has 0 fully saturated rings. The zero-order chi connectivity index (χ0) is 19.2. The first-order valence-corrected chi connectivity index (χ1v) is 9.61. The Labute approximate surface area is 161 Å². The lowest BCUT2D eigenvalue weighted by molar-refractivity contribution is -0.121. The van der Waals surface area contributed by atoms with E-state index in [0.29, 0.717) is 13.0 Å². The van der Waals surface area contributed by atoms with E-state index in [9.17, 15) is 13.6 Å². The average Bonchev–Trinajstić information content (AvgIpc) is 3.09. The number of carbonyl (C=O) groups is 1. The van der Waals surface area contributed by atoms with Crippen LogP contribution in [0.1, 0.15) is 22.6 Å². The average molecular weight is 386 g/mol. The van der Waals surface area contributed by atoms with Crippen molar-refractivity contribution >= 4 is 17.2 Å². The highest BCUT2D eigenvalue weighted by Gasteiger charge is 2.08. The van der Waals surface area contributed by atoms with E-state index in [2.05, 4.69) is 10.3 Å². The summed E-state index contributed by atoms with van der Waals surface area (Å²) in [6.07, 6.45) is 1.01. The minimum Gasteiger partial charge on any atom is -0.356 e. The first kappa shape index (κ1) is 19.2. The van der Waals surface area contributed by atoms with Crippen LogP contribution in [-0.2, 0) is 17.6 Å². The van der Waals surface area contributed by atoms with Crippen molar-refractivity contribution in [2.45, 2.75) is 26.2 Å². The highest BCUT2D eigenvalue weighted by atomic mass is 32.1. The molecule has 0 aliphatic carbocycles. The van der Waals surface area contributed by atoms with Crippen molar-refractivity contribution < 1.29 is 13.6 Å².